The Labute approximate surface area is 108 Å². The highest BCUT2D eigenvalue weighted by atomic mass is 35.5. The summed E-state index contributed by atoms with van der Waals surface area (Å²) in [5, 5.41) is 0.111. The van der Waals surface area contributed by atoms with E-state index in [4.69, 9.17) is 16.3 Å². The number of thioether (sulfide) groups is 1. The molecule has 1 aromatic rings. The van der Waals surface area contributed by atoms with E-state index in [1.807, 2.05) is 17.0 Å². The lowest BCUT2D eigenvalue weighted by Gasteiger charge is -2.22. The SMILES string of the molecule is COCCN1C(=O)CSC1c1ccc(Cl)s1. The minimum atomic E-state index is 0.111. The van der Waals surface area contributed by atoms with Crippen LogP contribution < -0.4 is 0 Å². The first kappa shape index (κ1) is 12.2. The van der Waals surface area contributed by atoms with Crippen molar-refractivity contribution >= 4 is 40.6 Å². The monoisotopic (exact) mass is 277 g/mol. The number of halogens is 1. The molecule has 1 aliphatic heterocycles. The molecule has 2 rings (SSSR count). The van der Waals surface area contributed by atoms with Crippen molar-refractivity contribution in [2.24, 2.45) is 0 Å². The Hall–Kier alpha value is -0.230. The van der Waals surface area contributed by atoms with Crippen LogP contribution in [0, 0.1) is 0 Å². The molecule has 1 aliphatic rings. The molecule has 0 aliphatic carbocycles. The number of thiophene rings is 1. The maximum atomic E-state index is 11.7. The van der Waals surface area contributed by atoms with Crippen molar-refractivity contribution in [1.29, 1.82) is 0 Å². The van der Waals surface area contributed by atoms with Gasteiger partial charge in [-0.05, 0) is 12.1 Å². The van der Waals surface area contributed by atoms with Gasteiger partial charge in [0.25, 0.3) is 0 Å². The summed E-state index contributed by atoms with van der Waals surface area (Å²) in [5.41, 5.74) is 0. The number of rotatable bonds is 4. The summed E-state index contributed by atoms with van der Waals surface area (Å²) in [5.74, 6) is 0.723. The normalized spacial score (nSPS) is 20.8. The lowest BCUT2D eigenvalue weighted by atomic mass is 10.4. The van der Waals surface area contributed by atoms with Crippen LogP contribution in [0.1, 0.15) is 10.3 Å². The molecule has 88 valence electrons. The molecule has 6 heteroatoms. The predicted molar refractivity (Wildman–Crippen MR) is 68.1 cm³/mol. The molecule has 0 aromatic carbocycles. The van der Waals surface area contributed by atoms with Gasteiger partial charge in [0.2, 0.25) is 5.91 Å². The molecule has 1 fully saturated rings. The van der Waals surface area contributed by atoms with E-state index in [9.17, 15) is 4.79 Å². The van der Waals surface area contributed by atoms with Crippen LogP contribution >= 0.6 is 34.7 Å². The van der Waals surface area contributed by atoms with Crippen LogP contribution in [0.15, 0.2) is 12.1 Å². The quantitative estimate of drug-likeness (QED) is 0.847. The zero-order valence-corrected chi connectivity index (χ0v) is 11.2. The summed E-state index contributed by atoms with van der Waals surface area (Å²) >= 11 is 9.09. The van der Waals surface area contributed by atoms with Crippen LogP contribution in [-0.2, 0) is 9.53 Å². The van der Waals surface area contributed by atoms with Crippen LogP contribution in [0.4, 0.5) is 0 Å². The van der Waals surface area contributed by atoms with Gasteiger partial charge in [-0.25, -0.2) is 0 Å². The fraction of sp³-hybridized carbons (Fsp3) is 0.500. The Morgan fingerprint density at radius 2 is 2.44 bits per heavy atom. The van der Waals surface area contributed by atoms with E-state index < -0.39 is 0 Å². The minimum absolute atomic E-state index is 0.111. The third-order valence-corrected chi connectivity index (χ3v) is 5.01. The second-order valence-electron chi connectivity index (χ2n) is 3.39. The molecule has 0 radical (unpaired) electrons. The van der Waals surface area contributed by atoms with Gasteiger partial charge in [-0.1, -0.05) is 11.6 Å². The maximum Gasteiger partial charge on any atom is 0.233 e. The highest BCUT2D eigenvalue weighted by Crippen LogP contribution is 2.42. The average Bonchev–Trinajstić information content (AvgIpc) is 2.82. The summed E-state index contributed by atoms with van der Waals surface area (Å²) in [4.78, 5) is 14.7. The molecule has 3 nitrogen and oxygen atoms in total. The molecule has 2 heterocycles. The fourth-order valence-electron chi connectivity index (χ4n) is 1.58. The molecule has 0 bridgehead atoms. The Morgan fingerprint density at radius 3 is 3.06 bits per heavy atom. The summed E-state index contributed by atoms with van der Waals surface area (Å²) in [6.45, 7) is 1.21. The van der Waals surface area contributed by atoms with E-state index in [0.29, 0.717) is 18.9 Å². The number of carbonyl (C=O) groups is 1. The molecular weight excluding hydrogens is 266 g/mol. The van der Waals surface area contributed by atoms with Crippen LogP contribution in [0.3, 0.4) is 0 Å². The Morgan fingerprint density at radius 1 is 1.62 bits per heavy atom. The van der Waals surface area contributed by atoms with Crippen LogP contribution in [-0.4, -0.2) is 36.8 Å². The highest BCUT2D eigenvalue weighted by Gasteiger charge is 2.33. The number of carbonyl (C=O) groups excluding carboxylic acids is 1. The Kier molecular flexibility index (Phi) is 4.13. The fourth-order valence-corrected chi connectivity index (χ4v) is 4.10. The van der Waals surface area contributed by atoms with Gasteiger partial charge in [-0.15, -0.1) is 23.1 Å². The average molecular weight is 278 g/mol. The minimum Gasteiger partial charge on any atom is -0.383 e. The van der Waals surface area contributed by atoms with E-state index in [0.717, 1.165) is 9.21 Å². The van der Waals surface area contributed by atoms with E-state index in [1.165, 1.54) is 11.3 Å². The number of hydrogen-bond acceptors (Lipinski definition) is 4. The number of nitrogens with zero attached hydrogens (tertiary/aromatic N) is 1. The maximum absolute atomic E-state index is 11.7. The van der Waals surface area contributed by atoms with Gasteiger partial charge in [0.1, 0.15) is 5.37 Å². The Bertz CT molecular complexity index is 383. The largest absolute Gasteiger partial charge is 0.383 e. The molecule has 0 N–H and O–H groups in total. The van der Waals surface area contributed by atoms with Crippen molar-refractivity contribution in [1.82, 2.24) is 4.90 Å². The van der Waals surface area contributed by atoms with Crippen molar-refractivity contribution in [3.05, 3.63) is 21.3 Å². The molecule has 1 unspecified atom stereocenters. The molecular formula is C10H12ClNO2S2. The number of ether oxygens (including phenoxy) is 1. The topological polar surface area (TPSA) is 29.5 Å². The van der Waals surface area contributed by atoms with Gasteiger partial charge < -0.3 is 9.64 Å². The predicted octanol–water partition coefficient (Wildman–Crippen LogP) is 2.62. The summed E-state index contributed by atoms with van der Waals surface area (Å²) in [6, 6.07) is 3.86. The van der Waals surface area contributed by atoms with Gasteiger partial charge in [0.15, 0.2) is 0 Å². The molecule has 1 amide bonds. The second kappa shape index (κ2) is 5.40. The molecule has 0 saturated carbocycles. The van der Waals surface area contributed by atoms with Crippen molar-refractivity contribution in [2.75, 3.05) is 26.0 Å². The number of amides is 1. The first-order valence-corrected chi connectivity index (χ1v) is 7.12. The standard InChI is InChI=1S/C10H12ClNO2S2/c1-14-5-4-12-9(13)6-15-10(12)7-2-3-8(11)16-7/h2-3,10H,4-6H2,1H3. The molecule has 16 heavy (non-hydrogen) atoms. The van der Waals surface area contributed by atoms with Gasteiger partial charge in [-0.3, -0.25) is 4.79 Å². The molecule has 1 saturated heterocycles. The zero-order chi connectivity index (χ0) is 11.5. The lowest BCUT2D eigenvalue weighted by molar-refractivity contribution is -0.128. The van der Waals surface area contributed by atoms with Crippen LogP contribution in [0.5, 0.6) is 0 Å². The van der Waals surface area contributed by atoms with Gasteiger partial charge in [0.05, 0.1) is 16.7 Å². The van der Waals surface area contributed by atoms with Crippen molar-refractivity contribution in [3.8, 4) is 0 Å². The number of hydrogen-bond donors (Lipinski definition) is 0. The first-order chi connectivity index (χ1) is 7.72. The summed E-state index contributed by atoms with van der Waals surface area (Å²) < 4.78 is 5.78. The van der Waals surface area contributed by atoms with Crippen LogP contribution in [0.2, 0.25) is 4.34 Å². The first-order valence-electron chi connectivity index (χ1n) is 4.87. The third-order valence-electron chi connectivity index (χ3n) is 2.34. The van der Waals surface area contributed by atoms with Gasteiger partial charge >= 0.3 is 0 Å². The molecule has 0 spiro atoms. The van der Waals surface area contributed by atoms with Crippen molar-refractivity contribution < 1.29 is 9.53 Å². The van der Waals surface area contributed by atoms with Gasteiger partial charge in [-0.2, -0.15) is 0 Å². The van der Waals surface area contributed by atoms with E-state index in [1.54, 1.807) is 18.9 Å². The summed E-state index contributed by atoms with van der Waals surface area (Å²) in [6.07, 6.45) is 0. The van der Waals surface area contributed by atoms with E-state index >= 15 is 0 Å². The third kappa shape index (κ3) is 2.53. The zero-order valence-electron chi connectivity index (χ0n) is 8.81. The van der Waals surface area contributed by atoms with Crippen molar-refractivity contribution in [2.45, 2.75) is 5.37 Å². The molecule has 1 aromatic heterocycles. The second-order valence-corrected chi connectivity index (χ2v) is 6.20. The Balaban J connectivity index is 2.11. The molecule has 1 atom stereocenters. The van der Waals surface area contributed by atoms with Crippen molar-refractivity contribution in [3.63, 3.8) is 0 Å². The van der Waals surface area contributed by atoms with Crippen LogP contribution in [0.25, 0.3) is 0 Å². The highest BCUT2D eigenvalue weighted by molar-refractivity contribution is 8.00. The smallest absolute Gasteiger partial charge is 0.233 e. The van der Waals surface area contributed by atoms with Gasteiger partial charge in [0, 0.05) is 18.5 Å². The van der Waals surface area contributed by atoms with E-state index in [-0.39, 0.29) is 11.3 Å². The lowest BCUT2D eigenvalue weighted by Crippen LogP contribution is -2.31. The number of methoxy groups -OCH3 is 1. The summed E-state index contributed by atoms with van der Waals surface area (Å²) in [7, 11) is 1.64. The van der Waals surface area contributed by atoms with E-state index in [2.05, 4.69) is 0 Å².